The van der Waals surface area contributed by atoms with Gasteiger partial charge in [0.2, 0.25) is 0 Å². The second-order valence-corrected chi connectivity index (χ2v) is 6.14. The summed E-state index contributed by atoms with van der Waals surface area (Å²) in [6, 6.07) is 7.33. The number of rotatable bonds is 7. The van der Waals surface area contributed by atoms with Crippen LogP contribution in [0.2, 0.25) is 0 Å². The molecule has 0 aromatic heterocycles. The Morgan fingerprint density at radius 3 is 2.65 bits per heavy atom. The Balaban J connectivity index is 2.57. The molecule has 0 atom stereocenters. The van der Waals surface area contributed by atoms with Crippen LogP contribution < -0.4 is 4.74 Å². The van der Waals surface area contributed by atoms with Gasteiger partial charge >= 0.3 is 0 Å². The van der Waals surface area contributed by atoms with Crippen molar-refractivity contribution in [3.63, 3.8) is 0 Å². The predicted octanol–water partition coefficient (Wildman–Crippen LogP) is 1.03. The molecule has 0 amide bonds. The fourth-order valence-corrected chi connectivity index (χ4v) is 2.02. The second-order valence-electron chi connectivity index (χ2n) is 3.67. The normalized spacial score (nSPS) is 11.4. The summed E-state index contributed by atoms with van der Waals surface area (Å²) in [5.41, 5.74) is 0.892. The van der Waals surface area contributed by atoms with Gasteiger partial charge in [0.15, 0.2) is 9.84 Å². The van der Waals surface area contributed by atoms with E-state index in [0.29, 0.717) is 12.2 Å². The van der Waals surface area contributed by atoms with Crippen molar-refractivity contribution in [2.45, 2.75) is 13.3 Å². The summed E-state index contributed by atoms with van der Waals surface area (Å²) in [5.74, 6) is 0.804. The van der Waals surface area contributed by atoms with Crippen LogP contribution in [0.3, 0.4) is 0 Å². The Hall–Kier alpha value is -1.07. The van der Waals surface area contributed by atoms with Crippen LogP contribution in [0.1, 0.15) is 12.5 Å². The topological polar surface area (TPSA) is 63.6 Å². The van der Waals surface area contributed by atoms with E-state index in [9.17, 15) is 8.42 Å². The first-order valence-corrected chi connectivity index (χ1v) is 7.43. The van der Waals surface area contributed by atoms with Crippen molar-refractivity contribution in [2.75, 3.05) is 24.7 Å². The zero-order valence-electron chi connectivity index (χ0n) is 9.93. The number of para-hydroxylation sites is 1. The molecule has 1 rings (SSSR count). The lowest BCUT2D eigenvalue weighted by Gasteiger charge is -2.10. The zero-order chi connectivity index (χ0) is 12.7. The van der Waals surface area contributed by atoms with Crippen molar-refractivity contribution in [1.82, 2.24) is 0 Å². The van der Waals surface area contributed by atoms with Crippen molar-refractivity contribution in [2.24, 2.45) is 0 Å². The molecular formula is C12H18O4S. The van der Waals surface area contributed by atoms with Gasteiger partial charge < -0.3 is 9.84 Å². The largest absolute Gasteiger partial charge is 0.492 e. The van der Waals surface area contributed by atoms with Gasteiger partial charge in [-0.3, -0.25) is 0 Å². The van der Waals surface area contributed by atoms with Crippen molar-refractivity contribution in [1.29, 1.82) is 0 Å². The van der Waals surface area contributed by atoms with E-state index in [1.54, 1.807) is 13.0 Å². The highest BCUT2D eigenvalue weighted by Gasteiger charge is 2.08. The van der Waals surface area contributed by atoms with Gasteiger partial charge in [-0.15, -0.1) is 0 Å². The SMILES string of the molecule is CCS(=O)(=O)CCOc1ccccc1CCO. The first kappa shape index (κ1) is 14.0. The van der Waals surface area contributed by atoms with Crippen LogP contribution in [-0.2, 0) is 16.3 Å². The molecule has 0 aliphatic heterocycles. The number of benzene rings is 1. The van der Waals surface area contributed by atoms with E-state index in [1.165, 1.54) is 0 Å². The molecule has 0 aliphatic carbocycles. The number of sulfone groups is 1. The highest BCUT2D eigenvalue weighted by Crippen LogP contribution is 2.18. The van der Waals surface area contributed by atoms with E-state index in [4.69, 9.17) is 9.84 Å². The lowest BCUT2D eigenvalue weighted by molar-refractivity contribution is 0.292. The first-order valence-electron chi connectivity index (χ1n) is 5.61. The minimum Gasteiger partial charge on any atom is -0.492 e. The number of hydrogen-bond acceptors (Lipinski definition) is 4. The van der Waals surface area contributed by atoms with Crippen LogP contribution in [0.4, 0.5) is 0 Å². The van der Waals surface area contributed by atoms with Crippen LogP contribution in [0.15, 0.2) is 24.3 Å². The summed E-state index contributed by atoms with van der Waals surface area (Å²) in [4.78, 5) is 0. The second kappa shape index (κ2) is 6.61. The summed E-state index contributed by atoms with van der Waals surface area (Å²) < 4.78 is 28.0. The van der Waals surface area contributed by atoms with E-state index in [-0.39, 0.29) is 24.7 Å². The summed E-state index contributed by atoms with van der Waals surface area (Å²) in [6.45, 7) is 1.82. The minimum atomic E-state index is -2.99. The van der Waals surface area contributed by atoms with Crippen LogP contribution >= 0.6 is 0 Å². The molecule has 96 valence electrons. The molecule has 0 heterocycles. The number of hydrogen-bond donors (Lipinski definition) is 1. The average Bonchev–Trinajstić information content (AvgIpc) is 2.31. The highest BCUT2D eigenvalue weighted by molar-refractivity contribution is 7.91. The van der Waals surface area contributed by atoms with Crippen molar-refractivity contribution in [3.05, 3.63) is 29.8 Å². The van der Waals surface area contributed by atoms with Crippen molar-refractivity contribution in [3.8, 4) is 5.75 Å². The van der Waals surface area contributed by atoms with E-state index >= 15 is 0 Å². The number of ether oxygens (including phenoxy) is 1. The first-order chi connectivity index (χ1) is 8.09. The Kier molecular flexibility index (Phi) is 5.44. The quantitative estimate of drug-likeness (QED) is 0.793. The molecular weight excluding hydrogens is 240 g/mol. The predicted molar refractivity (Wildman–Crippen MR) is 67.1 cm³/mol. The van der Waals surface area contributed by atoms with Gasteiger partial charge in [0.1, 0.15) is 12.4 Å². The molecule has 5 heteroatoms. The third-order valence-corrected chi connectivity index (χ3v) is 4.11. The lowest BCUT2D eigenvalue weighted by Crippen LogP contribution is -2.16. The molecule has 1 N–H and O–H groups in total. The third-order valence-electron chi connectivity index (χ3n) is 2.45. The molecule has 0 unspecified atom stereocenters. The Labute approximate surface area is 102 Å². The molecule has 0 saturated heterocycles. The monoisotopic (exact) mass is 258 g/mol. The molecule has 0 bridgehead atoms. The molecule has 0 spiro atoms. The molecule has 4 nitrogen and oxygen atoms in total. The van der Waals surface area contributed by atoms with E-state index in [1.807, 2.05) is 18.2 Å². The Morgan fingerprint density at radius 1 is 1.29 bits per heavy atom. The molecule has 1 aromatic rings. The maximum absolute atomic E-state index is 11.3. The molecule has 1 aromatic carbocycles. The van der Waals surface area contributed by atoms with Crippen molar-refractivity contribution < 1.29 is 18.3 Å². The van der Waals surface area contributed by atoms with E-state index in [2.05, 4.69) is 0 Å². The minimum absolute atomic E-state index is 0.0248. The summed E-state index contributed by atoms with van der Waals surface area (Å²) >= 11 is 0. The van der Waals surface area contributed by atoms with Crippen molar-refractivity contribution >= 4 is 9.84 Å². The van der Waals surface area contributed by atoms with Crippen LogP contribution in [0.25, 0.3) is 0 Å². The highest BCUT2D eigenvalue weighted by atomic mass is 32.2. The Morgan fingerprint density at radius 2 is 2.00 bits per heavy atom. The van der Waals surface area contributed by atoms with Crippen LogP contribution in [0.5, 0.6) is 5.75 Å². The molecule has 0 fully saturated rings. The van der Waals surface area contributed by atoms with Gasteiger partial charge in [0.05, 0.1) is 5.75 Å². The molecule has 17 heavy (non-hydrogen) atoms. The number of aliphatic hydroxyl groups is 1. The van der Waals surface area contributed by atoms with E-state index in [0.717, 1.165) is 5.56 Å². The summed E-state index contributed by atoms with van der Waals surface area (Å²) in [6.07, 6.45) is 0.511. The number of aliphatic hydroxyl groups excluding tert-OH is 1. The van der Waals surface area contributed by atoms with Gasteiger partial charge in [0, 0.05) is 12.4 Å². The standard InChI is InChI=1S/C12H18O4S/c1-2-17(14,15)10-9-16-12-6-4-3-5-11(12)7-8-13/h3-6,13H,2,7-10H2,1H3. The summed E-state index contributed by atoms with van der Waals surface area (Å²) in [7, 11) is -2.99. The third kappa shape index (κ3) is 4.75. The fourth-order valence-electron chi connectivity index (χ4n) is 1.39. The van der Waals surface area contributed by atoms with Gasteiger partial charge in [0.25, 0.3) is 0 Å². The maximum Gasteiger partial charge on any atom is 0.153 e. The van der Waals surface area contributed by atoms with Gasteiger partial charge in [-0.25, -0.2) is 8.42 Å². The molecule has 0 radical (unpaired) electrons. The average molecular weight is 258 g/mol. The lowest BCUT2D eigenvalue weighted by atomic mass is 10.1. The van der Waals surface area contributed by atoms with Crippen LogP contribution in [0, 0.1) is 0 Å². The molecule has 0 aliphatic rings. The van der Waals surface area contributed by atoms with Gasteiger partial charge in [-0.05, 0) is 18.1 Å². The summed E-state index contributed by atoms with van der Waals surface area (Å²) in [5, 5.41) is 8.89. The van der Waals surface area contributed by atoms with Gasteiger partial charge in [-0.1, -0.05) is 25.1 Å². The molecule has 0 saturated carbocycles. The zero-order valence-corrected chi connectivity index (χ0v) is 10.7. The fraction of sp³-hybridized carbons (Fsp3) is 0.500. The van der Waals surface area contributed by atoms with E-state index < -0.39 is 9.84 Å². The maximum atomic E-state index is 11.3. The smallest absolute Gasteiger partial charge is 0.153 e. The van der Waals surface area contributed by atoms with Crippen LogP contribution in [-0.4, -0.2) is 38.2 Å². The van der Waals surface area contributed by atoms with Gasteiger partial charge in [-0.2, -0.15) is 0 Å². The Bertz CT molecular complexity index is 440.